The Kier molecular flexibility index (Phi) is 4.45. The van der Waals surface area contributed by atoms with Crippen LogP contribution in [0.25, 0.3) is 10.6 Å². The third-order valence-electron chi connectivity index (χ3n) is 4.14. The van der Waals surface area contributed by atoms with Crippen LogP contribution in [0.15, 0.2) is 5.38 Å². The molecule has 1 aliphatic carbocycles. The third-order valence-corrected chi connectivity index (χ3v) is 6.09. The Labute approximate surface area is 134 Å². The van der Waals surface area contributed by atoms with Crippen molar-refractivity contribution in [1.82, 2.24) is 9.36 Å². The van der Waals surface area contributed by atoms with Crippen molar-refractivity contribution in [3.05, 3.63) is 11.1 Å². The van der Waals surface area contributed by atoms with E-state index < -0.39 is 0 Å². The van der Waals surface area contributed by atoms with Crippen LogP contribution in [0, 0.1) is 12.8 Å². The molecule has 0 unspecified atom stereocenters. The Morgan fingerprint density at radius 1 is 1.33 bits per heavy atom. The predicted octanol–water partition coefficient (Wildman–Crippen LogP) is 4.17. The first-order valence-electron chi connectivity index (χ1n) is 7.54. The highest BCUT2D eigenvalue weighted by molar-refractivity contribution is 7.15. The quantitative estimate of drug-likeness (QED) is 0.917. The zero-order valence-corrected chi connectivity index (χ0v) is 14.3. The van der Waals surface area contributed by atoms with E-state index in [0.29, 0.717) is 5.82 Å². The molecule has 4 nitrogen and oxygen atoms in total. The number of hydrogen-bond acceptors (Lipinski definition) is 6. The number of nitrogen functional groups attached to an aromatic ring is 1. The molecule has 0 radical (unpaired) electrons. The van der Waals surface area contributed by atoms with Gasteiger partial charge in [-0.05, 0) is 37.2 Å². The van der Waals surface area contributed by atoms with Gasteiger partial charge in [-0.25, -0.2) is 4.98 Å². The van der Waals surface area contributed by atoms with Gasteiger partial charge < -0.3 is 10.6 Å². The van der Waals surface area contributed by atoms with Gasteiger partial charge >= 0.3 is 0 Å². The van der Waals surface area contributed by atoms with Crippen LogP contribution < -0.4 is 10.6 Å². The van der Waals surface area contributed by atoms with Crippen molar-refractivity contribution in [2.24, 2.45) is 5.92 Å². The normalized spacial score (nSPS) is 16.3. The standard InChI is InChI=1S/C15H22N4S2/c1-10-9-20-14(17-10)12-13(16)18-21-15(12)19(2)8-11-6-4-3-5-7-11/h9,11H,3-8H2,1-2H3,(H2,16,18). The van der Waals surface area contributed by atoms with Gasteiger partial charge in [0.25, 0.3) is 0 Å². The van der Waals surface area contributed by atoms with Crippen LogP contribution in [0.3, 0.4) is 0 Å². The first kappa shape index (κ1) is 14.8. The lowest BCUT2D eigenvalue weighted by molar-refractivity contribution is 0.362. The van der Waals surface area contributed by atoms with Gasteiger partial charge in [-0.1, -0.05) is 19.3 Å². The van der Waals surface area contributed by atoms with E-state index in [-0.39, 0.29) is 0 Å². The van der Waals surface area contributed by atoms with Gasteiger partial charge in [0.1, 0.15) is 15.8 Å². The summed E-state index contributed by atoms with van der Waals surface area (Å²) in [5.41, 5.74) is 8.16. The Morgan fingerprint density at radius 3 is 2.76 bits per heavy atom. The second kappa shape index (κ2) is 6.32. The van der Waals surface area contributed by atoms with E-state index in [1.54, 1.807) is 11.3 Å². The van der Waals surface area contributed by atoms with Gasteiger partial charge in [-0.15, -0.1) is 11.3 Å². The smallest absolute Gasteiger partial charge is 0.149 e. The Hall–Kier alpha value is -1.14. The summed E-state index contributed by atoms with van der Waals surface area (Å²) in [7, 11) is 2.16. The number of rotatable bonds is 4. The topological polar surface area (TPSA) is 55.0 Å². The average Bonchev–Trinajstić information content (AvgIpc) is 3.05. The SMILES string of the molecule is Cc1csc(-c2c(N)nsc2N(C)CC2CCCCC2)n1. The molecule has 0 bridgehead atoms. The lowest BCUT2D eigenvalue weighted by atomic mass is 9.89. The lowest BCUT2D eigenvalue weighted by Crippen LogP contribution is -2.26. The molecule has 2 heterocycles. The third kappa shape index (κ3) is 3.21. The molecule has 2 N–H and O–H groups in total. The summed E-state index contributed by atoms with van der Waals surface area (Å²) in [6, 6.07) is 0. The molecule has 0 spiro atoms. The number of nitrogens with zero attached hydrogens (tertiary/aromatic N) is 3. The highest BCUT2D eigenvalue weighted by atomic mass is 32.1. The van der Waals surface area contributed by atoms with E-state index in [1.807, 2.05) is 6.92 Å². The molecule has 1 aliphatic rings. The Balaban J connectivity index is 1.81. The first-order valence-corrected chi connectivity index (χ1v) is 9.19. The van der Waals surface area contributed by atoms with Gasteiger partial charge in [-0.3, -0.25) is 0 Å². The molecule has 0 atom stereocenters. The number of thiazole rings is 1. The number of hydrogen-bond donors (Lipinski definition) is 1. The van der Waals surface area contributed by atoms with E-state index >= 15 is 0 Å². The Bertz CT molecular complexity index is 599. The number of aryl methyl sites for hydroxylation is 1. The van der Waals surface area contributed by atoms with Crippen molar-refractivity contribution in [2.75, 3.05) is 24.2 Å². The van der Waals surface area contributed by atoms with Gasteiger partial charge in [0.05, 0.1) is 5.56 Å². The van der Waals surface area contributed by atoms with E-state index in [1.165, 1.54) is 43.6 Å². The van der Waals surface area contributed by atoms with Gasteiger partial charge in [-0.2, -0.15) is 4.37 Å². The largest absolute Gasteiger partial charge is 0.382 e. The van der Waals surface area contributed by atoms with E-state index in [2.05, 4.69) is 26.7 Å². The minimum absolute atomic E-state index is 0.611. The van der Waals surface area contributed by atoms with Crippen molar-refractivity contribution in [3.8, 4) is 10.6 Å². The molecule has 2 aromatic heterocycles. The fourth-order valence-corrected chi connectivity index (χ4v) is 4.76. The van der Waals surface area contributed by atoms with E-state index in [0.717, 1.165) is 33.7 Å². The molecule has 0 aliphatic heterocycles. The maximum Gasteiger partial charge on any atom is 0.149 e. The molecule has 3 rings (SSSR count). The van der Waals surface area contributed by atoms with Gasteiger partial charge in [0, 0.05) is 24.7 Å². The maximum atomic E-state index is 6.09. The van der Waals surface area contributed by atoms with Crippen molar-refractivity contribution in [2.45, 2.75) is 39.0 Å². The Morgan fingerprint density at radius 2 is 2.10 bits per heavy atom. The van der Waals surface area contributed by atoms with Crippen molar-refractivity contribution < 1.29 is 0 Å². The summed E-state index contributed by atoms with van der Waals surface area (Å²) in [6.45, 7) is 3.11. The summed E-state index contributed by atoms with van der Waals surface area (Å²) in [5.74, 6) is 1.41. The molecular formula is C15H22N4S2. The van der Waals surface area contributed by atoms with E-state index in [4.69, 9.17) is 5.73 Å². The predicted molar refractivity (Wildman–Crippen MR) is 92.2 cm³/mol. The van der Waals surface area contributed by atoms with Crippen LogP contribution in [-0.2, 0) is 0 Å². The molecule has 0 saturated heterocycles. The number of anilines is 2. The molecule has 6 heteroatoms. The summed E-state index contributed by atoms with van der Waals surface area (Å²) >= 11 is 3.14. The van der Waals surface area contributed by atoms with Crippen LogP contribution in [0.2, 0.25) is 0 Å². The molecule has 0 amide bonds. The van der Waals surface area contributed by atoms with Crippen LogP contribution in [0.4, 0.5) is 10.8 Å². The van der Waals surface area contributed by atoms with Crippen molar-refractivity contribution in [3.63, 3.8) is 0 Å². The van der Waals surface area contributed by atoms with Gasteiger partial charge in [0.15, 0.2) is 0 Å². The molecule has 114 valence electrons. The van der Waals surface area contributed by atoms with Crippen LogP contribution in [0.1, 0.15) is 37.8 Å². The highest BCUT2D eigenvalue weighted by Crippen LogP contribution is 2.40. The highest BCUT2D eigenvalue weighted by Gasteiger charge is 2.22. The summed E-state index contributed by atoms with van der Waals surface area (Å²) < 4.78 is 4.36. The second-order valence-electron chi connectivity index (χ2n) is 5.93. The molecule has 21 heavy (non-hydrogen) atoms. The fraction of sp³-hybridized carbons (Fsp3) is 0.600. The van der Waals surface area contributed by atoms with Crippen molar-refractivity contribution in [1.29, 1.82) is 0 Å². The summed E-state index contributed by atoms with van der Waals surface area (Å²) in [6.07, 6.45) is 6.86. The van der Waals surface area contributed by atoms with Gasteiger partial charge in [0.2, 0.25) is 0 Å². The molecule has 1 saturated carbocycles. The molecule has 1 fully saturated rings. The lowest BCUT2D eigenvalue weighted by Gasteiger charge is -2.27. The molecular weight excluding hydrogens is 300 g/mol. The first-order chi connectivity index (χ1) is 10.1. The monoisotopic (exact) mass is 322 g/mol. The van der Waals surface area contributed by atoms with Crippen LogP contribution >= 0.6 is 22.9 Å². The number of nitrogens with two attached hydrogens (primary N) is 1. The average molecular weight is 323 g/mol. The van der Waals surface area contributed by atoms with Crippen LogP contribution in [-0.4, -0.2) is 22.9 Å². The second-order valence-corrected chi connectivity index (χ2v) is 7.54. The van der Waals surface area contributed by atoms with Crippen LogP contribution in [0.5, 0.6) is 0 Å². The minimum Gasteiger partial charge on any atom is -0.382 e. The number of aromatic nitrogens is 2. The zero-order chi connectivity index (χ0) is 14.8. The fourth-order valence-electron chi connectivity index (χ4n) is 3.06. The van der Waals surface area contributed by atoms with Crippen molar-refractivity contribution >= 4 is 33.7 Å². The minimum atomic E-state index is 0.611. The van der Waals surface area contributed by atoms with E-state index in [9.17, 15) is 0 Å². The zero-order valence-electron chi connectivity index (χ0n) is 12.6. The summed E-state index contributed by atoms with van der Waals surface area (Å²) in [5, 5.41) is 4.22. The summed E-state index contributed by atoms with van der Waals surface area (Å²) in [4.78, 5) is 6.91. The maximum absolute atomic E-state index is 6.09. The molecule has 2 aromatic rings. The molecule has 0 aromatic carbocycles.